The molecule has 6 nitrogen and oxygen atoms in total. The van der Waals surface area contributed by atoms with E-state index >= 15 is 0 Å². The summed E-state index contributed by atoms with van der Waals surface area (Å²) in [5.41, 5.74) is 1.58. The number of benzene rings is 2. The van der Waals surface area contributed by atoms with E-state index in [9.17, 15) is 17.6 Å². The van der Waals surface area contributed by atoms with E-state index in [1.807, 2.05) is 13.8 Å². The van der Waals surface area contributed by atoms with Gasteiger partial charge in [-0.2, -0.15) is 4.31 Å². The number of anilines is 1. The van der Waals surface area contributed by atoms with E-state index in [2.05, 4.69) is 10.6 Å². The van der Waals surface area contributed by atoms with Crippen LogP contribution in [0.25, 0.3) is 0 Å². The highest BCUT2D eigenvalue weighted by molar-refractivity contribution is 7.89. The Kier molecular flexibility index (Phi) is 7.23. The Morgan fingerprint density at radius 3 is 2.30 bits per heavy atom. The van der Waals surface area contributed by atoms with Gasteiger partial charge in [0, 0.05) is 37.3 Å². The van der Waals surface area contributed by atoms with Crippen LogP contribution in [0.2, 0.25) is 0 Å². The van der Waals surface area contributed by atoms with Crippen molar-refractivity contribution in [1.29, 1.82) is 0 Å². The number of carbonyl (C=O) groups is 1. The van der Waals surface area contributed by atoms with Gasteiger partial charge in [-0.15, -0.1) is 0 Å². The number of nitrogens with one attached hydrogen (secondary N) is 2. The van der Waals surface area contributed by atoms with Gasteiger partial charge in [-0.25, -0.2) is 12.8 Å². The number of sulfonamides is 1. The minimum Gasteiger partial charge on any atom is -0.326 e. The first-order valence-corrected chi connectivity index (χ1v) is 11.6. The fourth-order valence-electron chi connectivity index (χ4n) is 3.61. The molecule has 1 saturated heterocycles. The molecule has 1 amide bonds. The SMILES string of the molecule is Cc1ccc(S(=O)(=O)N2CCC(NC(C)CC(=O)Nc3ccc(F)cc3)CC2)cc1. The quantitative estimate of drug-likeness (QED) is 0.702. The molecular formula is C22H28FN3O3S. The highest BCUT2D eigenvalue weighted by Crippen LogP contribution is 2.21. The first-order chi connectivity index (χ1) is 14.2. The number of hydrogen-bond acceptors (Lipinski definition) is 4. The van der Waals surface area contributed by atoms with Crippen molar-refractivity contribution in [3.63, 3.8) is 0 Å². The van der Waals surface area contributed by atoms with E-state index in [1.165, 1.54) is 28.6 Å². The van der Waals surface area contributed by atoms with Gasteiger partial charge in [0.15, 0.2) is 0 Å². The zero-order valence-electron chi connectivity index (χ0n) is 17.3. The molecular weight excluding hydrogens is 405 g/mol. The van der Waals surface area contributed by atoms with Crippen molar-refractivity contribution in [2.45, 2.75) is 50.1 Å². The van der Waals surface area contributed by atoms with Crippen LogP contribution in [0.5, 0.6) is 0 Å². The Labute approximate surface area is 177 Å². The van der Waals surface area contributed by atoms with Gasteiger partial charge in [-0.1, -0.05) is 17.7 Å². The second kappa shape index (κ2) is 9.68. The zero-order valence-corrected chi connectivity index (χ0v) is 18.1. The van der Waals surface area contributed by atoms with Crippen molar-refractivity contribution >= 4 is 21.6 Å². The molecule has 1 fully saturated rings. The third-order valence-corrected chi connectivity index (χ3v) is 7.17. The maximum Gasteiger partial charge on any atom is 0.243 e. The summed E-state index contributed by atoms with van der Waals surface area (Å²) in [6, 6.07) is 12.7. The number of carbonyl (C=O) groups excluding carboxylic acids is 1. The molecule has 2 aromatic carbocycles. The van der Waals surface area contributed by atoms with Crippen molar-refractivity contribution in [1.82, 2.24) is 9.62 Å². The Hall–Kier alpha value is -2.29. The van der Waals surface area contributed by atoms with Gasteiger partial charge in [-0.3, -0.25) is 4.79 Å². The Morgan fingerprint density at radius 1 is 1.10 bits per heavy atom. The lowest BCUT2D eigenvalue weighted by Crippen LogP contribution is -2.47. The third kappa shape index (κ3) is 5.87. The number of amides is 1. The molecule has 0 aliphatic carbocycles. The molecule has 0 bridgehead atoms. The molecule has 1 aliphatic rings. The summed E-state index contributed by atoms with van der Waals surface area (Å²) in [6.45, 7) is 4.75. The molecule has 8 heteroatoms. The summed E-state index contributed by atoms with van der Waals surface area (Å²) in [6.07, 6.45) is 1.66. The highest BCUT2D eigenvalue weighted by atomic mass is 32.2. The van der Waals surface area contributed by atoms with Gasteiger partial charge < -0.3 is 10.6 Å². The van der Waals surface area contributed by atoms with Crippen LogP contribution < -0.4 is 10.6 Å². The lowest BCUT2D eigenvalue weighted by Gasteiger charge is -2.33. The smallest absolute Gasteiger partial charge is 0.243 e. The highest BCUT2D eigenvalue weighted by Gasteiger charge is 2.29. The number of nitrogens with zero attached hydrogens (tertiary/aromatic N) is 1. The van der Waals surface area contributed by atoms with Crippen LogP contribution in [0.1, 0.15) is 31.7 Å². The molecule has 162 valence electrons. The average molecular weight is 434 g/mol. The lowest BCUT2D eigenvalue weighted by molar-refractivity contribution is -0.116. The lowest BCUT2D eigenvalue weighted by atomic mass is 10.0. The molecule has 3 rings (SSSR count). The molecule has 30 heavy (non-hydrogen) atoms. The summed E-state index contributed by atoms with van der Waals surface area (Å²) >= 11 is 0. The molecule has 0 radical (unpaired) electrons. The number of aryl methyl sites for hydroxylation is 1. The summed E-state index contributed by atoms with van der Waals surface area (Å²) in [5, 5.41) is 6.17. The summed E-state index contributed by atoms with van der Waals surface area (Å²) in [5.74, 6) is -0.500. The van der Waals surface area contributed by atoms with E-state index < -0.39 is 10.0 Å². The van der Waals surface area contributed by atoms with E-state index in [0.29, 0.717) is 36.5 Å². The first-order valence-electron chi connectivity index (χ1n) is 10.1. The second-order valence-corrected chi connectivity index (χ2v) is 9.76. The van der Waals surface area contributed by atoms with Crippen LogP contribution in [-0.2, 0) is 14.8 Å². The van der Waals surface area contributed by atoms with Crippen LogP contribution in [0.4, 0.5) is 10.1 Å². The number of hydrogen-bond donors (Lipinski definition) is 2. The monoisotopic (exact) mass is 433 g/mol. The van der Waals surface area contributed by atoms with E-state index in [1.54, 1.807) is 24.3 Å². The van der Waals surface area contributed by atoms with Crippen molar-refractivity contribution in [2.24, 2.45) is 0 Å². The minimum atomic E-state index is -3.47. The van der Waals surface area contributed by atoms with Gasteiger partial charge in [-0.05, 0) is 63.1 Å². The van der Waals surface area contributed by atoms with Crippen molar-refractivity contribution in [3.8, 4) is 0 Å². The number of halogens is 1. The van der Waals surface area contributed by atoms with E-state index in [4.69, 9.17) is 0 Å². The summed E-state index contributed by atoms with van der Waals surface area (Å²) in [7, 11) is -3.47. The Balaban J connectivity index is 1.46. The van der Waals surface area contributed by atoms with E-state index in [-0.39, 0.29) is 30.2 Å². The molecule has 0 aromatic heterocycles. The zero-order chi connectivity index (χ0) is 21.7. The van der Waals surface area contributed by atoms with Gasteiger partial charge in [0.1, 0.15) is 5.82 Å². The molecule has 0 spiro atoms. The molecule has 1 aliphatic heterocycles. The Morgan fingerprint density at radius 2 is 1.70 bits per heavy atom. The average Bonchev–Trinajstić information content (AvgIpc) is 2.70. The summed E-state index contributed by atoms with van der Waals surface area (Å²) in [4.78, 5) is 12.5. The third-order valence-electron chi connectivity index (χ3n) is 5.25. The van der Waals surface area contributed by atoms with E-state index in [0.717, 1.165) is 5.56 Å². The number of piperidine rings is 1. The molecule has 1 unspecified atom stereocenters. The largest absolute Gasteiger partial charge is 0.326 e. The molecule has 2 N–H and O–H groups in total. The predicted molar refractivity (Wildman–Crippen MR) is 115 cm³/mol. The van der Waals surface area contributed by atoms with Crippen LogP contribution in [0.3, 0.4) is 0 Å². The normalized spacial score (nSPS) is 16.9. The van der Waals surface area contributed by atoms with Crippen LogP contribution in [0, 0.1) is 12.7 Å². The van der Waals surface area contributed by atoms with Crippen LogP contribution in [0.15, 0.2) is 53.4 Å². The second-order valence-electron chi connectivity index (χ2n) is 7.82. The van der Waals surface area contributed by atoms with Crippen LogP contribution in [-0.4, -0.2) is 43.8 Å². The maximum atomic E-state index is 12.9. The van der Waals surface area contributed by atoms with Gasteiger partial charge in [0.25, 0.3) is 0 Å². The molecule has 2 aromatic rings. The Bertz CT molecular complexity index is 954. The predicted octanol–water partition coefficient (Wildman–Crippen LogP) is 3.29. The molecule has 1 atom stereocenters. The number of rotatable bonds is 7. The van der Waals surface area contributed by atoms with Crippen LogP contribution >= 0.6 is 0 Å². The van der Waals surface area contributed by atoms with Gasteiger partial charge in [0.2, 0.25) is 15.9 Å². The van der Waals surface area contributed by atoms with Crippen molar-refractivity contribution in [2.75, 3.05) is 18.4 Å². The van der Waals surface area contributed by atoms with Crippen molar-refractivity contribution < 1.29 is 17.6 Å². The molecule has 0 saturated carbocycles. The topological polar surface area (TPSA) is 78.5 Å². The van der Waals surface area contributed by atoms with Crippen molar-refractivity contribution in [3.05, 3.63) is 59.9 Å². The van der Waals surface area contributed by atoms with Gasteiger partial charge >= 0.3 is 0 Å². The molecule has 1 heterocycles. The minimum absolute atomic E-state index is 0.0595. The first kappa shape index (κ1) is 22.4. The maximum absolute atomic E-state index is 12.9. The fraction of sp³-hybridized carbons (Fsp3) is 0.409. The standard InChI is InChI=1S/C22H28FN3O3S/c1-16-3-9-21(10-4-16)30(28,29)26-13-11-20(12-14-26)24-17(2)15-22(27)25-19-7-5-18(23)6-8-19/h3-10,17,20,24H,11-15H2,1-2H3,(H,25,27). The fourth-order valence-corrected chi connectivity index (χ4v) is 5.08. The van der Waals surface area contributed by atoms with Gasteiger partial charge in [0.05, 0.1) is 4.90 Å². The summed E-state index contributed by atoms with van der Waals surface area (Å²) < 4.78 is 40.1.